The first-order valence-corrected chi connectivity index (χ1v) is 9.13. The molecule has 2 atom stereocenters. The van der Waals surface area contributed by atoms with E-state index in [1.54, 1.807) is 30.3 Å². The fraction of sp³-hybridized carbons (Fsp3) is 0.550. The lowest BCUT2D eigenvalue weighted by atomic mass is 9.80. The van der Waals surface area contributed by atoms with E-state index in [1.807, 2.05) is 6.08 Å². The third-order valence-electron chi connectivity index (χ3n) is 5.35. The smallest absolute Gasteiger partial charge is 0.343 e. The number of aliphatic hydroxyl groups is 1. The Hall–Kier alpha value is -1.79. The Balaban J connectivity index is 1.76. The molecule has 26 heavy (non-hydrogen) atoms. The highest BCUT2D eigenvalue weighted by Crippen LogP contribution is 2.47. The van der Waals surface area contributed by atoms with Gasteiger partial charge in [-0.3, -0.25) is 0 Å². The zero-order chi connectivity index (χ0) is 18.6. The molecule has 2 unspecified atom stereocenters. The van der Waals surface area contributed by atoms with Crippen molar-refractivity contribution in [3.63, 3.8) is 0 Å². The lowest BCUT2D eigenvalue weighted by Gasteiger charge is -2.32. The normalized spacial score (nSPS) is 24.7. The molecule has 1 aliphatic heterocycles. The zero-order valence-corrected chi connectivity index (χ0v) is 14.7. The highest BCUT2D eigenvalue weighted by Gasteiger charge is 2.54. The summed E-state index contributed by atoms with van der Waals surface area (Å²) in [6.07, 6.45) is 2.90. The molecule has 1 heterocycles. The van der Waals surface area contributed by atoms with Gasteiger partial charge >= 0.3 is 5.97 Å². The summed E-state index contributed by atoms with van der Waals surface area (Å²) in [6, 6.07) is 8.28. The molecule has 1 saturated heterocycles. The number of carbonyl (C=O) groups excluding carboxylic acids is 1. The highest BCUT2D eigenvalue weighted by molar-refractivity contribution is 5.81. The van der Waals surface area contributed by atoms with Crippen molar-refractivity contribution in [3.05, 3.63) is 47.5 Å². The third kappa shape index (κ3) is 4.13. The molecular formula is C20H25F2NO3. The molecule has 0 amide bonds. The van der Waals surface area contributed by atoms with Crippen molar-refractivity contribution >= 4 is 5.97 Å². The van der Waals surface area contributed by atoms with Crippen LogP contribution in [0.1, 0.15) is 37.7 Å². The topological polar surface area (TPSA) is 58.6 Å². The molecule has 6 heteroatoms. The Labute approximate surface area is 152 Å². The van der Waals surface area contributed by atoms with Gasteiger partial charge in [-0.1, -0.05) is 35.9 Å². The number of carbonyl (C=O) groups is 1. The predicted octanol–water partition coefficient (Wildman–Crippen LogP) is 3.16. The fourth-order valence-corrected chi connectivity index (χ4v) is 3.82. The molecule has 1 aliphatic carbocycles. The van der Waals surface area contributed by atoms with Gasteiger partial charge in [0, 0.05) is 18.8 Å². The first kappa shape index (κ1) is 19.0. The average Bonchev–Trinajstić information content (AvgIpc) is 3.03. The molecule has 4 nitrogen and oxygen atoms in total. The van der Waals surface area contributed by atoms with Crippen molar-refractivity contribution in [2.75, 3.05) is 19.7 Å². The van der Waals surface area contributed by atoms with Gasteiger partial charge in [0.05, 0.1) is 0 Å². The molecule has 0 spiro atoms. The number of alkyl halides is 2. The SMILES string of the molecule is O=C(OCC=C1CCNCC1)C(O)(c1ccccc1)C1CCC(F)(F)C1. The highest BCUT2D eigenvalue weighted by atomic mass is 19.3. The van der Waals surface area contributed by atoms with E-state index in [2.05, 4.69) is 5.32 Å². The van der Waals surface area contributed by atoms with E-state index in [9.17, 15) is 18.7 Å². The Morgan fingerprint density at radius 2 is 2.00 bits per heavy atom. The molecule has 0 aromatic heterocycles. The quantitative estimate of drug-likeness (QED) is 0.622. The second-order valence-electron chi connectivity index (χ2n) is 7.14. The first-order chi connectivity index (χ1) is 12.4. The van der Waals surface area contributed by atoms with Gasteiger partial charge in [-0.15, -0.1) is 0 Å². The van der Waals surface area contributed by atoms with E-state index in [1.165, 1.54) is 5.57 Å². The summed E-state index contributed by atoms with van der Waals surface area (Å²) in [6.45, 7) is 1.84. The maximum absolute atomic E-state index is 13.7. The zero-order valence-electron chi connectivity index (χ0n) is 14.7. The lowest BCUT2D eigenvalue weighted by molar-refractivity contribution is -0.173. The van der Waals surface area contributed by atoms with Crippen LogP contribution in [0.4, 0.5) is 8.78 Å². The minimum atomic E-state index is -2.86. The standard InChI is InChI=1S/C20H25F2NO3/c21-19(22)10-6-17(14-19)20(25,16-4-2-1-3-5-16)18(24)26-13-9-15-7-11-23-12-8-15/h1-5,9,17,23,25H,6-8,10-14H2. The van der Waals surface area contributed by atoms with Crippen LogP contribution in [0.2, 0.25) is 0 Å². The van der Waals surface area contributed by atoms with E-state index in [0.717, 1.165) is 25.9 Å². The fourth-order valence-electron chi connectivity index (χ4n) is 3.82. The van der Waals surface area contributed by atoms with Crippen LogP contribution < -0.4 is 5.32 Å². The number of rotatable bonds is 5. The van der Waals surface area contributed by atoms with Gasteiger partial charge in [0.25, 0.3) is 0 Å². The maximum atomic E-state index is 13.7. The molecule has 0 bridgehead atoms. The number of hydrogen-bond acceptors (Lipinski definition) is 4. The van der Waals surface area contributed by atoms with E-state index in [4.69, 9.17) is 4.74 Å². The van der Waals surface area contributed by atoms with Crippen molar-refractivity contribution < 1.29 is 23.4 Å². The van der Waals surface area contributed by atoms with Crippen LogP contribution in [0, 0.1) is 5.92 Å². The predicted molar refractivity (Wildman–Crippen MR) is 93.8 cm³/mol. The van der Waals surface area contributed by atoms with Crippen LogP contribution in [-0.4, -0.2) is 36.7 Å². The molecule has 2 aliphatic rings. The summed E-state index contributed by atoms with van der Waals surface area (Å²) < 4.78 is 32.8. The number of hydrogen-bond donors (Lipinski definition) is 2. The second kappa shape index (κ2) is 7.84. The summed E-state index contributed by atoms with van der Waals surface area (Å²) in [7, 11) is 0. The van der Waals surface area contributed by atoms with Crippen molar-refractivity contribution in [2.24, 2.45) is 5.92 Å². The summed E-state index contributed by atoms with van der Waals surface area (Å²) in [5.74, 6) is -4.57. The van der Waals surface area contributed by atoms with Gasteiger partial charge < -0.3 is 15.2 Å². The van der Waals surface area contributed by atoms with Crippen LogP contribution >= 0.6 is 0 Å². The van der Waals surface area contributed by atoms with Gasteiger partial charge in [0.1, 0.15) is 6.61 Å². The Morgan fingerprint density at radius 3 is 2.62 bits per heavy atom. The van der Waals surface area contributed by atoms with Crippen LogP contribution in [0.5, 0.6) is 0 Å². The van der Waals surface area contributed by atoms with Crippen molar-refractivity contribution in [2.45, 2.75) is 43.6 Å². The molecule has 1 saturated carbocycles. The molecule has 142 valence electrons. The van der Waals surface area contributed by atoms with Crippen LogP contribution in [0.3, 0.4) is 0 Å². The summed E-state index contributed by atoms with van der Waals surface area (Å²) >= 11 is 0. The monoisotopic (exact) mass is 365 g/mol. The van der Waals surface area contributed by atoms with Crippen LogP contribution in [0.15, 0.2) is 42.0 Å². The number of ether oxygens (including phenoxy) is 1. The number of benzene rings is 1. The first-order valence-electron chi connectivity index (χ1n) is 9.13. The minimum Gasteiger partial charge on any atom is -0.459 e. The molecule has 3 rings (SSSR count). The van der Waals surface area contributed by atoms with E-state index < -0.39 is 29.8 Å². The van der Waals surface area contributed by atoms with Crippen LogP contribution in [0.25, 0.3) is 0 Å². The van der Waals surface area contributed by atoms with Crippen LogP contribution in [-0.2, 0) is 15.1 Å². The number of esters is 1. The molecule has 2 N–H and O–H groups in total. The van der Waals surface area contributed by atoms with Gasteiger partial charge in [-0.05, 0) is 44.0 Å². The second-order valence-corrected chi connectivity index (χ2v) is 7.14. The Morgan fingerprint density at radius 1 is 1.31 bits per heavy atom. The summed E-state index contributed by atoms with van der Waals surface area (Å²) in [5, 5.41) is 14.4. The van der Waals surface area contributed by atoms with E-state index in [-0.39, 0.29) is 19.4 Å². The largest absolute Gasteiger partial charge is 0.459 e. The van der Waals surface area contributed by atoms with Gasteiger partial charge in [0.2, 0.25) is 5.92 Å². The molecule has 1 aromatic rings. The van der Waals surface area contributed by atoms with Gasteiger partial charge in [-0.2, -0.15) is 0 Å². The maximum Gasteiger partial charge on any atom is 0.343 e. The Bertz CT molecular complexity index is 654. The lowest BCUT2D eigenvalue weighted by Crippen LogP contribution is -2.44. The van der Waals surface area contributed by atoms with Crippen molar-refractivity contribution in [3.8, 4) is 0 Å². The molecule has 0 radical (unpaired) electrons. The molecule has 1 aromatic carbocycles. The summed E-state index contributed by atoms with van der Waals surface area (Å²) in [4.78, 5) is 12.7. The number of nitrogens with one attached hydrogen (secondary N) is 1. The van der Waals surface area contributed by atoms with Gasteiger partial charge in [0.15, 0.2) is 5.60 Å². The average molecular weight is 365 g/mol. The molecular weight excluding hydrogens is 340 g/mol. The molecule has 2 fully saturated rings. The number of piperidine rings is 1. The van der Waals surface area contributed by atoms with Crippen molar-refractivity contribution in [1.29, 1.82) is 0 Å². The number of halogens is 2. The van der Waals surface area contributed by atoms with E-state index in [0.29, 0.717) is 5.56 Å². The Kier molecular flexibility index (Phi) is 5.73. The third-order valence-corrected chi connectivity index (χ3v) is 5.35. The van der Waals surface area contributed by atoms with Crippen molar-refractivity contribution in [1.82, 2.24) is 5.32 Å². The summed E-state index contributed by atoms with van der Waals surface area (Å²) in [5.41, 5.74) is -0.539. The van der Waals surface area contributed by atoms with Gasteiger partial charge in [-0.25, -0.2) is 13.6 Å². The minimum absolute atomic E-state index is 0.0480. The van der Waals surface area contributed by atoms with E-state index >= 15 is 0 Å².